The van der Waals surface area contributed by atoms with Gasteiger partial charge in [0, 0.05) is 13.3 Å². The molecule has 1 aliphatic rings. The number of ether oxygens (including phenoxy) is 2. The van der Waals surface area contributed by atoms with Gasteiger partial charge in [0.05, 0.1) is 32.9 Å². The van der Waals surface area contributed by atoms with Gasteiger partial charge in [-0.05, 0) is 0 Å². The van der Waals surface area contributed by atoms with Gasteiger partial charge in [-0.2, -0.15) is 5.10 Å². The van der Waals surface area contributed by atoms with Crippen LogP contribution in [0.5, 0.6) is 0 Å². The van der Waals surface area contributed by atoms with Crippen molar-refractivity contribution in [2.75, 3.05) is 34.0 Å². The van der Waals surface area contributed by atoms with Crippen LogP contribution in [-0.2, 0) is 14.3 Å². The third-order valence-electron chi connectivity index (χ3n) is 2.31. The molecule has 0 fully saturated rings. The molecule has 1 aliphatic heterocycles. The van der Waals surface area contributed by atoms with Gasteiger partial charge >= 0.3 is 5.97 Å². The van der Waals surface area contributed by atoms with Gasteiger partial charge in [0.25, 0.3) is 0 Å². The quantitative estimate of drug-likeness (QED) is 0.602. The third kappa shape index (κ3) is 2.66. The highest BCUT2D eigenvalue weighted by atomic mass is 16.5. The predicted octanol–water partition coefficient (Wildman–Crippen LogP) is -0.916. The summed E-state index contributed by atoms with van der Waals surface area (Å²) in [5, 5.41) is 14.5. The Morgan fingerprint density at radius 1 is 1.60 bits per heavy atom. The molecule has 0 amide bonds. The molecule has 0 saturated carbocycles. The lowest BCUT2D eigenvalue weighted by molar-refractivity contribution is -0.145. The van der Waals surface area contributed by atoms with Crippen molar-refractivity contribution in [1.82, 2.24) is 5.01 Å². The van der Waals surface area contributed by atoms with Crippen LogP contribution in [0.15, 0.2) is 5.10 Å². The summed E-state index contributed by atoms with van der Waals surface area (Å²) in [4.78, 5) is 11.4. The number of aliphatic hydroxyl groups excluding tert-OH is 1. The maximum Gasteiger partial charge on any atom is 0.316 e. The van der Waals surface area contributed by atoms with Gasteiger partial charge in [-0.15, -0.1) is 0 Å². The van der Waals surface area contributed by atoms with E-state index in [4.69, 9.17) is 9.84 Å². The molecule has 0 aliphatic carbocycles. The average Bonchev–Trinajstić information content (AvgIpc) is 2.62. The molecule has 6 heteroatoms. The van der Waals surface area contributed by atoms with Crippen LogP contribution in [0, 0.1) is 5.92 Å². The zero-order valence-corrected chi connectivity index (χ0v) is 8.92. The van der Waals surface area contributed by atoms with Crippen LogP contribution in [0.2, 0.25) is 0 Å². The Morgan fingerprint density at radius 2 is 2.33 bits per heavy atom. The van der Waals surface area contributed by atoms with Crippen molar-refractivity contribution in [2.45, 2.75) is 6.04 Å². The maximum absolute atomic E-state index is 11.4. The summed E-state index contributed by atoms with van der Waals surface area (Å²) in [5.41, 5.74) is 0. The van der Waals surface area contributed by atoms with E-state index in [2.05, 4.69) is 9.84 Å². The Morgan fingerprint density at radius 3 is 2.87 bits per heavy atom. The smallest absolute Gasteiger partial charge is 0.316 e. The van der Waals surface area contributed by atoms with Gasteiger partial charge in [0.1, 0.15) is 5.92 Å². The molecule has 2 unspecified atom stereocenters. The van der Waals surface area contributed by atoms with Crippen LogP contribution in [0.1, 0.15) is 0 Å². The first-order valence-electron chi connectivity index (χ1n) is 4.73. The minimum atomic E-state index is -0.415. The van der Waals surface area contributed by atoms with E-state index < -0.39 is 5.92 Å². The first kappa shape index (κ1) is 11.9. The largest absolute Gasteiger partial charge is 0.468 e. The Hall–Kier alpha value is -1.14. The van der Waals surface area contributed by atoms with Gasteiger partial charge < -0.3 is 14.6 Å². The molecule has 2 atom stereocenters. The molecule has 0 radical (unpaired) electrons. The number of carbonyl (C=O) groups is 1. The topological polar surface area (TPSA) is 71.4 Å². The lowest BCUT2D eigenvalue weighted by Gasteiger charge is -2.25. The van der Waals surface area contributed by atoms with E-state index in [1.807, 2.05) is 0 Å². The summed E-state index contributed by atoms with van der Waals surface area (Å²) < 4.78 is 9.68. The first-order chi connectivity index (χ1) is 7.24. The molecule has 1 heterocycles. The summed E-state index contributed by atoms with van der Waals surface area (Å²) in [5.74, 6) is -0.747. The molecule has 0 aromatic heterocycles. The summed E-state index contributed by atoms with van der Waals surface area (Å²) in [7, 11) is 2.90. The summed E-state index contributed by atoms with van der Waals surface area (Å²) >= 11 is 0. The van der Waals surface area contributed by atoms with Gasteiger partial charge in [-0.1, -0.05) is 0 Å². The van der Waals surface area contributed by atoms with Crippen molar-refractivity contribution in [3.05, 3.63) is 0 Å². The maximum atomic E-state index is 11.4. The number of hydrogen-bond acceptors (Lipinski definition) is 6. The number of carbonyl (C=O) groups excluding carboxylic acids is 1. The number of aliphatic hydroxyl groups is 1. The zero-order chi connectivity index (χ0) is 11.3. The molecule has 0 aromatic carbocycles. The number of rotatable bonds is 5. The Labute approximate surface area is 88.5 Å². The van der Waals surface area contributed by atoms with Crippen molar-refractivity contribution in [2.24, 2.45) is 11.0 Å². The van der Waals surface area contributed by atoms with E-state index in [1.54, 1.807) is 12.1 Å². The van der Waals surface area contributed by atoms with Gasteiger partial charge in [0.2, 0.25) is 0 Å². The normalized spacial score (nSPS) is 24.6. The minimum absolute atomic E-state index is 0.00849. The molecule has 1 N–H and O–H groups in total. The van der Waals surface area contributed by atoms with E-state index in [0.717, 1.165) is 0 Å². The van der Waals surface area contributed by atoms with Crippen LogP contribution in [0.25, 0.3) is 0 Å². The van der Waals surface area contributed by atoms with E-state index in [9.17, 15) is 4.79 Å². The molecule has 86 valence electrons. The molecular formula is C9H16N2O4. The minimum Gasteiger partial charge on any atom is -0.468 e. The van der Waals surface area contributed by atoms with E-state index in [0.29, 0.717) is 13.2 Å². The number of esters is 1. The van der Waals surface area contributed by atoms with Crippen molar-refractivity contribution < 1.29 is 19.4 Å². The average molecular weight is 216 g/mol. The molecule has 0 saturated heterocycles. The molecule has 0 spiro atoms. The number of β-amino-alcohol motifs (C(OH)–C–C–N with tert-alkyl or cyclic N) is 1. The van der Waals surface area contributed by atoms with Crippen molar-refractivity contribution >= 4 is 12.2 Å². The standard InChI is InChI=1S/C9H16N2O4/c1-14-6-8-7(9(13)15-2)5-10-11(8)3-4-12/h5,7-8,12H,3-4,6H2,1-2H3. The fraction of sp³-hybridized carbons (Fsp3) is 0.778. The second-order valence-corrected chi connectivity index (χ2v) is 3.22. The third-order valence-corrected chi connectivity index (χ3v) is 2.31. The monoisotopic (exact) mass is 216 g/mol. The predicted molar refractivity (Wildman–Crippen MR) is 53.5 cm³/mol. The highest BCUT2D eigenvalue weighted by molar-refractivity contribution is 5.91. The van der Waals surface area contributed by atoms with Crippen molar-refractivity contribution in [1.29, 1.82) is 0 Å². The van der Waals surface area contributed by atoms with Gasteiger partial charge in [0.15, 0.2) is 0 Å². The summed E-state index contributed by atoms with van der Waals surface area (Å²) in [6.07, 6.45) is 1.53. The van der Waals surface area contributed by atoms with Gasteiger partial charge in [-0.3, -0.25) is 9.80 Å². The lowest BCUT2D eigenvalue weighted by atomic mass is 10.0. The fourth-order valence-electron chi connectivity index (χ4n) is 1.57. The number of hydrogen-bond donors (Lipinski definition) is 1. The number of nitrogens with zero attached hydrogens (tertiary/aromatic N) is 2. The van der Waals surface area contributed by atoms with Crippen LogP contribution in [0.3, 0.4) is 0 Å². The molecule has 1 rings (SSSR count). The van der Waals surface area contributed by atoms with E-state index in [-0.39, 0.29) is 18.6 Å². The van der Waals surface area contributed by atoms with Gasteiger partial charge in [-0.25, -0.2) is 0 Å². The lowest BCUT2D eigenvalue weighted by Crippen LogP contribution is -2.41. The molecule has 6 nitrogen and oxygen atoms in total. The molecule has 0 bridgehead atoms. The van der Waals surface area contributed by atoms with Crippen LogP contribution >= 0.6 is 0 Å². The molecule has 0 aromatic rings. The van der Waals surface area contributed by atoms with Crippen molar-refractivity contribution in [3.8, 4) is 0 Å². The van der Waals surface area contributed by atoms with Crippen LogP contribution in [0.4, 0.5) is 0 Å². The molecular weight excluding hydrogens is 200 g/mol. The Kier molecular flexibility index (Phi) is 4.51. The summed E-state index contributed by atoms with van der Waals surface area (Å²) in [6.45, 7) is 0.753. The number of hydrazone groups is 1. The van der Waals surface area contributed by atoms with Crippen LogP contribution in [-0.4, -0.2) is 62.3 Å². The zero-order valence-electron chi connectivity index (χ0n) is 8.92. The summed E-state index contributed by atoms with van der Waals surface area (Å²) in [6, 6.07) is -0.186. The van der Waals surface area contributed by atoms with E-state index >= 15 is 0 Å². The Balaban J connectivity index is 2.65. The SMILES string of the molecule is COCC1C(C(=O)OC)C=NN1CCO. The Bertz CT molecular complexity index is 244. The fourth-order valence-corrected chi connectivity index (χ4v) is 1.57. The first-order valence-corrected chi connectivity index (χ1v) is 4.73. The second-order valence-electron chi connectivity index (χ2n) is 3.22. The highest BCUT2D eigenvalue weighted by Crippen LogP contribution is 2.18. The van der Waals surface area contributed by atoms with E-state index in [1.165, 1.54) is 13.3 Å². The number of methoxy groups -OCH3 is 2. The second kappa shape index (κ2) is 5.67. The highest BCUT2D eigenvalue weighted by Gasteiger charge is 2.36. The molecule has 15 heavy (non-hydrogen) atoms. The van der Waals surface area contributed by atoms with Crippen LogP contribution < -0.4 is 0 Å². The van der Waals surface area contributed by atoms with Crippen molar-refractivity contribution in [3.63, 3.8) is 0 Å².